The Morgan fingerprint density at radius 2 is 1.50 bits per heavy atom. The second-order valence-electron chi connectivity index (χ2n) is 11.0. The number of aliphatic hydroxyl groups is 1. The number of methoxy groups -OCH3 is 1. The number of carbonyl (C=O) groups is 4. The number of aliphatic hydroxyl groups excluding tert-OH is 1. The predicted octanol–water partition coefficient (Wildman–Crippen LogP) is 4.07. The molecule has 15 heteroatoms. The number of alkyl halides is 3. The highest BCUT2D eigenvalue weighted by atomic mass is 35.5. The average Bonchev–Trinajstić information content (AvgIpc) is 3.04. The molecule has 3 aromatic carbocycles. The number of rotatable bonds is 15. The van der Waals surface area contributed by atoms with E-state index in [4.69, 9.17) is 26.2 Å². The van der Waals surface area contributed by atoms with Gasteiger partial charge in [-0.05, 0) is 65.6 Å². The molecule has 0 aromatic heterocycles. The first-order chi connectivity index (χ1) is 22.6. The molecule has 0 fully saturated rings. The number of ether oxygens (including phenoxy) is 2. The van der Waals surface area contributed by atoms with Crippen LogP contribution in [0.15, 0.2) is 72.8 Å². The summed E-state index contributed by atoms with van der Waals surface area (Å²) in [6, 6.07) is 13.1. The van der Waals surface area contributed by atoms with E-state index in [-0.39, 0.29) is 23.3 Å². The fourth-order valence-electron chi connectivity index (χ4n) is 4.60. The van der Waals surface area contributed by atoms with E-state index in [0.717, 1.165) is 0 Å². The molecule has 0 bridgehead atoms. The van der Waals surface area contributed by atoms with E-state index in [2.05, 4.69) is 16.0 Å². The molecule has 3 rings (SSSR count). The van der Waals surface area contributed by atoms with Gasteiger partial charge in [0.05, 0.1) is 13.2 Å². The van der Waals surface area contributed by atoms with Gasteiger partial charge in [0.25, 0.3) is 5.91 Å². The summed E-state index contributed by atoms with van der Waals surface area (Å²) in [4.78, 5) is 51.5. The molecule has 0 aliphatic heterocycles. The maximum atomic E-state index is 13.9. The Balaban J connectivity index is 1.94. The van der Waals surface area contributed by atoms with Gasteiger partial charge in [-0.2, -0.15) is 13.2 Å². The summed E-state index contributed by atoms with van der Waals surface area (Å²) in [6.07, 6.45) is -8.02. The molecule has 3 amide bonds. The lowest BCUT2D eigenvalue weighted by Crippen LogP contribution is -2.56. The van der Waals surface area contributed by atoms with Gasteiger partial charge in [-0.1, -0.05) is 49.7 Å². The zero-order valence-corrected chi connectivity index (χ0v) is 26.8. The van der Waals surface area contributed by atoms with Crippen molar-refractivity contribution in [3.05, 3.63) is 94.5 Å². The summed E-state index contributed by atoms with van der Waals surface area (Å²) in [6.45, 7) is 2.19. The van der Waals surface area contributed by atoms with Gasteiger partial charge in [0.15, 0.2) is 12.7 Å². The minimum Gasteiger partial charge on any atom is -0.497 e. The number of benzene rings is 3. The molecule has 3 aromatic rings. The molecule has 5 N–H and O–H groups in total. The Bertz CT molecular complexity index is 1570. The highest BCUT2D eigenvalue weighted by Gasteiger charge is 2.46. The van der Waals surface area contributed by atoms with Crippen molar-refractivity contribution in [1.82, 2.24) is 16.0 Å². The smallest absolute Gasteiger partial charge is 0.416 e. The van der Waals surface area contributed by atoms with Crippen molar-refractivity contribution in [2.24, 2.45) is 5.92 Å². The van der Waals surface area contributed by atoms with E-state index in [0.29, 0.717) is 16.3 Å². The molecule has 48 heavy (non-hydrogen) atoms. The van der Waals surface area contributed by atoms with Crippen LogP contribution in [0.2, 0.25) is 5.02 Å². The SMILES string of the molecule is COc1ccc([C@H](NC(=O)[C@H](Cc2cccc(Cl)c2)NC(=O)c2ccc(OCC(=O)O)cc2)C(=O)N[C@@H](C(C)C)[C@H](O)C(F)(F)F)cc1. The molecule has 0 spiro atoms. The monoisotopic (exact) mass is 693 g/mol. The zero-order valence-electron chi connectivity index (χ0n) is 26.1. The number of hydrogen-bond donors (Lipinski definition) is 5. The van der Waals surface area contributed by atoms with E-state index in [1.54, 1.807) is 24.3 Å². The summed E-state index contributed by atoms with van der Waals surface area (Å²) < 4.78 is 50.6. The standard InChI is InChI=1S/C33H35ClF3N3O8/c1-18(2)27(29(43)33(35,36)37)39-32(46)28(20-7-11-23(47-3)12-8-20)40-31(45)25(16-19-5-4-6-22(34)15-19)38-30(44)21-9-13-24(14-10-21)48-17-26(41)42/h4-15,18,25,27-29,43H,16-17H2,1-3H3,(H,38,44)(H,39,46)(H,40,45)(H,41,42)/t25-,27-,28-,29-/m0/s1. The molecule has 0 unspecified atom stereocenters. The maximum absolute atomic E-state index is 13.9. The topological polar surface area (TPSA) is 163 Å². The predicted molar refractivity (Wildman–Crippen MR) is 169 cm³/mol. The van der Waals surface area contributed by atoms with E-state index < -0.39 is 66.6 Å². The largest absolute Gasteiger partial charge is 0.497 e. The van der Waals surface area contributed by atoms with Gasteiger partial charge in [-0.25, -0.2) is 4.79 Å². The molecular formula is C33H35ClF3N3O8. The average molecular weight is 694 g/mol. The molecule has 0 heterocycles. The van der Waals surface area contributed by atoms with Crippen molar-refractivity contribution in [3.8, 4) is 11.5 Å². The van der Waals surface area contributed by atoms with Crippen LogP contribution in [0.4, 0.5) is 13.2 Å². The first-order valence-corrected chi connectivity index (χ1v) is 15.0. The third-order valence-corrected chi connectivity index (χ3v) is 7.37. The van der Waals surface area contributed by atoms with Gasteiger partial charge < -0.3 is 35.6 Å². The van der Waals surface area contributed by atoms with Crippen LogP contribution in [0.5, 0.6) is 11.5 Å². The van der Waals surface area contributed by atoms with Gasteiger partial charge in [-0.3, -0.25) is 14.4 Å². The van der Waals surface area contributed by atoms with Crippen LogP contribution in [0.3, 0.4) is 0 Å². The third kappa shape index (κ3) is 10.9. The van der Waals surface area contributed by atoms with Crippen molar-refractivity contribution < 1.29 is 52.0 Å². The van der Waals surface area contributed by atoms with Crippen LogP contribution < -0.4 is 25.4 Å². The van der Waals surface area contributed by atoms with Crippen LogP contribution in [0.25, 0.3) is 0 Å². The van der Waals surface area contributed by atoms with Crippen molar-refractivity contribution in [2.75, 3.05) is 13.7 Å². The molecule has 0 saturated heterocycles. The second-order valence-corrected chi connectivity index (χ2v) is 11.5. The number of carboxylic acids is 1. The van der Waals surface area contributed by atoms with Gasteiger partial charge in [-0.15, -0.1) is 0 Å². The van der Waals surface area contributed by atoms with Crippen molar-refractivity contribution in [3.63, 3.8) is 0 Å². The fraction of sp³-hybridized carbons (Fsp3) is 0.333. The lowest BCUT2D eigenvalue weighted by Gasteiger charge is -2.31. The first kappa shape index (κ1) is 37.6. The minimum atomic E-state index is -5.03. The van der Waals surface area contributed by atoms with Crippen molar-refractivity contribution >= 4 is 35.3 Å². The molecular weight excluding hydrogens is 659 g/mol. The Morgan fingerprint density at radius 1 is 0.875 bits per heavy atom. The fourth-order valence-corrected chi connectivity index (χ4v) is 4.81. The van der Waals surface area contributed by atoms with Crippen LogP contribution in [-0.2, 0) is 20.8 Å². The van der Waals surface area contributed by atoms with E-state index in [9.17, 15) is 37.5 Å². The van der Waals surface area contributed by atoms with Crippen LogP contribution in [0.1, 0.15) is 41.4 Å². The highest BCUT2D eigenvalue weighted by molar-refractivity contribution is 6.30. The Labute approximate surface area is 279 Å². The molecule has 0 aliphatic carbocycles. The Kier molecular flexibility index (Phi) is 13.2. The quantitative estimate of drug-likeness (QED) is 0.159. The Hall–Kier alpha value is -4.82. The van der Waals surface area contributed by atoms with Crippen LogP contribution >= 0.6 is 11.6 Å². The first-order valence-electron chi connectivity index (χ1n) is 14.6. The third-order valence-electron chi connectivity index (χ3n) is 7.13. The number of carbonyl (C=O) groups excluding carboxylic acids is 3. The summed E-state index contributed by atoms with van der Waals surface area (Å²) in [5.41, 5.74) is 0.807. The van der Waals surface area contributed by atoms with Crippen molar-refractivity contribution in [1.29, 1.82) is 0 Å². The van der Waals surface area contributed by atoms with Gasteiger partial charge in [0.1, 0.15) is 23.6 Å². The second kappa shape index (κ2) is 16.8. The lowest BCUT2D eigenvalue weighted by atomic mass is 9.96. The minimum absolute atomic E-state index is 0.0898. The number of hydrogen-bond acceptors (Lipinski definition) is 7. The molecule has 11 nitrogen and oxygen atoms in total. The lowest BCUT2D eigenvalue weighted by molar-refractivity contribution is -0.215. The summed E-state index contributed by atoms with van der Waals surface area (Å²) in [7, 11) is 1.41. The normalized spacial score (nSPS) is 13.9. The molecule has 4 atom stereocenters. The number of halogens is 4. The van der Waals surface area contributed by atoms with Gasteiger partial charge in [0.2, 0.25) is 11.8 Å². The summed E-state index contributed by atoms with van der Waals surface area (Å²) in [5, 5.41) is 26.5. The van der Waals surface area contributed by atoms with Gasteiger partial charge >= 0.3 is 12.1 Å². The zero-order chi connectivity index (χ0) is 35.6. The molecule has 258 valence electrons. The Morgan fingerprint density at radius 3 is 2.04 bits per heavy atom. The molecule has 0 aliphatic rings. The van der Waals surface area contributed by atoms with Gasteiger partial charge in [0, 0.05) is 17.0 Å². The molecule has 0 saturated carbocycles. The summed E-state index contributed by atoms with van der Waals surface area (Å²) >= 11 is 6.13. The van der Waals surface area contributed by atoms with E-state index >= 15 is 0 Å². The number of aliphatic carboxylic acids is 1. The highest BCUT2D eigenvalue weighted by Crippen LogP contribution is 2.27. The number of carboxylic acid groups (broad SMARTS) is 1. The van der Waals surface area contributed by atoms with E-state index in [1.165, 1.54) is 69.5 Å². The number of nitrogens with one attached hydrogen (secondary N) is 3. The molecule has 0 radical (unpaired) electrons. The maximum Gasteiger partial charge on any atom is 0.416 e. The summed E-state index contributed by atoms with van der Waals surface area (Å²) in [5.74, 6) is -4.06. The van der Waals surface area contributed by atoms with E-state index in [1.807, 2.05) is 0 Å². The van der Waals surface area contributed by atoms with Crippen LogP contribution in [0, 0.1) is 5.92 Å². The van der Waals surface area contributed by atoms with Crippen molar-refractivity contribution in [2.45, 2.75) is 50.7 Å². The number of amides is 3. The van der Waals surface area contributed by atoms with Crippen LogP contribution in [-0.4, -0.2) is 72.0 Å².